The van der Waals surface area contributed by atoms with Crippen LogP contribution in [-0.4, -0.2) is 37.5 Å². The number of hydrogen-bond donors (Lipinski definition) is 0. The van der Waals surface area contributed by atoms with Crippen molar-refractivity contribution in [1.29, 1.82) is 0 Å². The van der Waals surface area contributed by atoms with Gasteiger partial charge in [-0.3, -0.25) is 9.48 Å². The number of aryl methyl sites for hydroxylation is 1. The Morgan fingerprint density at radius 1 is 1.46 bits per heavy atom. The molecule has 3 aromatic heterocycles. The van der Waals surface area contributed by atoms with E-state index in [9.17, 15) is 9.18 Å². The van der Waals surface area contributed by atoms with Gasteiger partial charge >= 0.3 is 5.97 Å². The molecule has 24 heavy (non-hydrogen) atoms. The Kier molecular flexibility index (Phi) is 3.00. The normalized spacial score (nSPS) is 22.8. The molecule has 124 valence electrons. The number of halogens is 1. The first kappa shape index (κ1) is 14.8. The summed E-state index contributed by atoms with van der Waals surface area (Å²) in [5.41, 5.74) is 2.02. The molecule has 0 spiro atoms. The molecule has 0 aromatic carbocycles. The van der Waals surface area contributed by atoms with Gasteiger partial charge in [0.15, 0.2) is 5.65 Å². The fourth-order valence-corrected chi connectivity index (χ4v) is 3.63. The number of carbonyl (C=O) groups excluding carboxylic acids is 1. The number of rotatable bonds is 2. The van der Waals surface area contributed by atoms with Gasteiger partial charge in [0, 0.05) is 31.1 Å². The molecule has 0 saturated carbocycles. The van der Waals surface area contributed by atoms with Crippen LogP contribution in [0.3, 0.4) is 0 Å². The Bertz CT molecular complexity index is 963. The highest BCUT2D eigenvalue weighted by Crippen LogP contribution is 2.49. The zero-order valence-corrected chi connectivity index (χ0v) is 13.5. The van der Waals surface area contributed by atoms with Crippen LogP contribution < -0.4 is 0 Å². The molecular formula is C16H16FN5O2. The van der Waals surface area contributed by atoms with E-state index < -0.39 is 17.3 Å². The topological polar surface area (TPSA) is 74.3 Å². The summed E-state index contributed by atoms with van der Waals surface area (Å²) in [6, 6.07) is 3.17. The lowest BCUT2D eigenvalue weighted by molar-refractivity contribution is -0.142. The molecule has 1 aliphatic rings. The molecular weight excluding hydrogens is 313 g/mol. The van der Waals surface area contributed by atoms with Gasteiger partial charge in [-0.1, -0.05) is 0 Å². The van der Waals surface area contributed by atoms with Crippen LogP contribution in [0.1, 0.15) is 36.2 Å². The number of hydrogen-bond acceptors (Lipinski definition) is 5. The van der Waals surface area contributed by atoms with Crippen molar-refractivity contribution in [2.45, 2.75) is 24.7 Å². The van der Waals surface area contributed by atoms with E-state index in [4.69, 9.17) is 4.74 Å². The molecule has 0 N–H and O–H groups in total. The van der Waals surface area contributed by atoms with Crippen molar-refractivity contribution in [2.24, 2.45) is 7.05 Å². The van der Waals surface area contributed by atoms with Gasteiger partial charge in [0.2, 0.25) is 5.95 Å². The maximum atomic E-state index is 13.7. The second-order valence-electron chi connectivity index (χ2n) is 6.29. The summed E-state index contributed by atoms with van der Waals surface area (Å²) in [5, 5.41) is 8.44. The lowest BCUT2D eigenvalue weighted by Crippen LogP contribution is -2.25. The molecule has 1 aliphatic carbocycles. The van der Waals surface area contributed by atoms with Crippen molar-refractivity contribution in [2.75, 3.05) is 7.11 Å². The molecule has 2 unspecified atom stereocenters. The minimum Gasteiger partial charge on any atom is -0.469 e. The number of aromatic nitrogens is 5. The fourth-order valence-electron chi connectivity index (χ4n) is 3.63. The van der Waals surface area contributed by atoms with Crippen LogP contribution in [-0.2, 0) is 22.0 Å². The van der Waals surface area contributed by atoms with E-state index in [1.807, 2.05) is 26.2 Å². The van der Waals surface area contributed by atoms with Crippen LogP contribution in [0.25, 0.3) is 5.65 Å². The number of esters is 1. The molecule has 4 rings (SSSR count). The van der Waals surface area contributed by atoms with Gasteiger partial charge in [-0.2, -0.15) is 9.49 Å². The molecule has 0 bridgehead atoms. The fraction of sp³-hybridized carbons (Fsp3) is 0.375. The molecule has 0 amide bonds. The van der Waals surface area contributed by atoms with Crippen molar-refractivity contribution in [3.05, 3.63) is 47.4 Å². The van der Waals surface area contributed by atoms with Crippen LogP contribution in [0.5, 0.6) is 0 Å². The number of methoxy groups -OCH3 is 1. The minimum absolute atomic E-state index is 0.343. The zero-order valence-electron chi connectivity index (χ0n) is 13.5. The first-order chi connectivity index (χ1) is 11.4. The standard InChI is InChI=1S/C16H16FN5O2/c1-16(11-4-5-21(2)19-11)7-9(15(23)24-3)10-8-18-13-6-12(17)20-22(13)14(10)16/h4-6,8-9H,7H2,1-3H3. The van der Waals surface area contributed by atoms with Crippen LogP contribution >= 0.6 is 0 Å². The Morgan fingerprint density at radius 2 is 2.25 bits per heavy atom. The molecule has 8 heteroatoms. The van der Waals surface area contributed by atoms with E-state index in [0.717, 1.165) is 11.4 Å². The first-order valence-electron chi connectivity index (χ1n) is 7.56. The Labute approximate surface area is 137 Å². The third kappa shape index (κ3) is 1.88. The number of ether oxygens (including phenoxy) is 1. The average Bonchev–Trinajstić information content (AvgIpc) is 3.22. The lowest BCUT2D eigenvalue weighted by Gasteiger charge is -2.23. The molecule has 0 fully saturated rings. The maximum absolute atomic E-state index is 13.7. The van der Waals surface area contributed by atoms with E-state index >= 15 is 0 Å². The van der Waals surface area contributed by atoms with Gasteiger partial charge < -0.3 is 4.74 Å². The van der Waals surface area contributed by atoms with Crippen LogP contribution in [0.2, 0.25) is 0 Å². The highest BCUT2D eigenvalue weighted by molar-refractivity contribution is 5.80. The van der Waals surface area contributed by atoms with Crippen LogP contribution in [0.4, 0.5) is 4.39 Å². The number of nitrogens with zero attached hydrogens (tertiary/aromatic N) is 5. The summed E-state index contributed by atoms with van der Waals surface area (Å²) in [7, 11) is 3.19. The second-order valence-corrected chi connectivity index (χ2v) is 6.29. The summed E-state index contributed by atoms with van der Waals surface area (Å²) in [4.78, 5) is 16.5. The van der Waals surface area contributed by atoms with E-state index in [1.165, 1.54) is 17.7 Å². The monoisotopic (exact) mass is 329 g/mol. The predicted octanol–water partition coefficient (Wildman–Crippen LogP) is 1.57. The molecule has 2 atom stereocenters. The Morgan fingerprint density at radius 3 is 2.92 bits per heavy atom. The largest absolute Gasteiger partial charge is 0.469 e. The van der Waals surface area contributed by atoms with Crippen LogP contribution in [0, 0.1) is 5.95 Å². The molecule has 0 aliphatic heterocycles. The van der Waals surface area contributed by atoms with Gasteiger partial charge in [0.25, 0.3) is 0 Å². The van der Waals surface area contributed by atoms with Gasteiger partial charge in [-0.15, -0.1) is 5.10 Å². The third-order valence-corrected chi connectivity index (χ3v) is 4.76. The summed E-state index contributed by atoms with van der Waals surface area (Å²) in [6.07, 6.45) is 3.92. The number of carbonyl (C=O) groups is 1. The first-order valence-corrected chi connectivity index (χ1v) is 7.56. The SMILES string of the molecule is COC(=O)C1CC(C)(c2ccn(C)n2)c2c1cnc1cc(F)nn21. The molecule has 0 saturated heterocycles. The maximum Gasteiger partial charge on any atom is 0.313 e. The lowest BCUT2D eigenvalue weighted by atomic mass is 9.83. The molecule has 3 aromatic rings. The van der Waals surface area contributed by atoms with Gasteiger partial charge in [-0.25, -0.2) is 9.50 Å². The molecule has 3 heterocycles. The zero-order chi connectivity index (χ0) is 17.1. The summed E-state index contributed by atoms with van der Waals surface area (Å²) < 4.78 is 21.8. The van der Waals surface area contributed by atoms with Gasteiger partial charge in [-0.05, 0) is 19.4 Å². The van der Waals surface area contributed by atoms with Crippen LogP contribution in [0.15, 0.2) is 24.5 Å². The Hall–Kier alpha value is -2.77. The third-order valence-electron chi connectivity index (χ3n) is 4.76. The summed E-state index contributed by atoms with van der Waals surface area (Å²) in [5.74, 6) is -1.44. The van der Waals surface area contributed by atoms with E-state index in [1.54, 1.807) is 10.9 Å². The highest BCUT2D eigenvalue weighted by atomic mass is 19.1. The van der Waals surface area contributed by atoms with Crippen molar-refractivity contribution in [3.63, 3.8) is 0 Å². The van der Waals surface area contributed by atoms with Gasteiger partial charge in [0.05, 0.1) is 29.8 Å². The second kappa shape index (κ2) is 4.86. The smallest absolute Gasteiger partial charge is 0.313 e. The van der Waals surface area contributed by atoms with Gasteiger partial charge in [0.1, 0.15) is 0 Å². The van der Waals surface area contributed by atoms with Crippen molar-refractivity contribution in [3.8, 4) is 0 Å². The Balaban J connectivity index is 2.02. The quantitative estimate of drug-likeness (QED) is 0.667. The molecule has 7 nitrogen and oxygen atoms in total. The van der Waals surface area contributed by atoms with E-state index in [-0.39, 0.29) is 5.97 Å². The molecule has 0 radical (unpaired) electrons. The van der Waals surface area contributed by atoms with Crippen molar-refractivity contribution >= 4 is 11.6 Å². The average molecular weight is 329 g/mol. The predicted molar refractivity (Wildman–Crippen MR) is 82.0 cm³/mol. The number of fused-ring (bicyclic) bond motifs is 3. The van der Waals surface area contributed by atoms with E-state index in [0.29, 0.717) is 17.6 Å². The van der Waals surface area contributed by atoms with Crippen molar-refractivity contribution in [1.82, 2.24) is 24.4 Å². The minimum atomic E-state index is -0.610. The highest BCUT2D eigenvalue weighted by Gasteiger charge is 2.48. The van der Waals surface area contributed by atoms with Crippen molar-refractivity contribution < 1.29 is 13.9 Å². The van der Waals surface area contributed by atoms with E-state index in [2.05, 4.69) is 15.2 Å². The summed E-state index contributed by atoms with van der Waals surface area (Å²) in [6.45, 7) is 1.98. The summed E-state index contributed by atoms with van der Waals surface area (Å²) >= 11 is 0.